The number of halogens is 2. The number of nitrogens with one attached hydrogen (secondary N) is 3. The average Bonchev–Trinajstić information content (AvgIpc) is 2.73. The van der Waals surface area contributed by atoms with Gasteiger partial charge in [-0.15, -0.1) is 24.8 Å². The molecule has 1 aromatic rings. The first kappa shape index (κ1) is 20.2. The highest BCUT2D eigenvalue weighted by Crippen LogP contribution is 2.11. The summed E-state index contributed by atoms with van der Waals surface area (Å²) in [5, 5.41) is 13.9. The molecule has 0 spiro atoms. The number of aromatic nitrogens is 2. The van der Waals surface area contributed by atoms with E-state index in [1.165, 1.54) is 0 Å². The van der Waals surface area contributed by atoms with Gasteiger partial charge in [0.05, 0.1) is 12.0 Å². The number of thioether (sulfide) groups is 1. The lowest BCUT2D eigenvalue weighted by molar-refractivity contribution is 0.930. The Balaban J connectivity index is 0. The third kappa shape index (κ3) is 7.82. The van der Waals surface area contributed by atoms with Gasteiger partial charge in [-0.05, 0) is 6.92 Å². The number of nitriles is 1. The average molecular weight is 325 g/mol. The topological polar surface area (TPSA) is 88.9 Å². The molecule has 0 aromatic carbocycles. The van der Waals surface area contributed by atoms with Crippen LogP contribution in [0.5, 0.6) is 0 Å². The second-order valence-electron chi connectivity index (χ2n) is 3.26. The number of hydrogen-bond donors (Lipinski definition) is 3. The zero-order chi connectivity index (χ0) is 12.5. The number of imidazole rings is 1. The van der Waals surface area contributed by atoms with Crippen LogP contribution in [0.15, 0.2) is 11.3 Å². The molecule has 0 saturated carbocycles. The third-order valence-electron chi connectivity index (χ3n) is 2.11. The van der Waals surface area contributed by atoms with E-state index in [0.29, 0.717) is 5.96 Å². The molecule has 0 unspecified atom stereocenters. The fraction of sp³-hybridized carbons (Fsp3) is 0.500. The zero-order valence-electron chi connectivity index (χ0n) is 10.8. The number of aliphatic imine (C=N–C) groups is 1. The maximum absolute atomic E-state index is 8.43. The van der Waals surface area contributed by atoms with Crippen LogP contribution in [0.1, 0.15) is 11.4 Å². The number of hydrogen-bond acceptors (Lipinski definition) is 4. The standard InChI is InChI=1S/C10H16N6S.2ClH/c1-8-9(16-7-15-8)5-17-4-3-13-10(12-2)14-6-11;;/h7H,3-5H2,1-2H3,(H,15,16)(H2,12,13,14);2*1H. The van der Waals surface area contributed by atoms with Gasteiger partial charge in [-0.1, -0.05) is 0 Å². The van der Waals surface area contributed by atoms with Crippen molar-refractivity contribution in [3.8, 4) is 6.19 Å². The minimum atomic E-state index is 0. The largest absolute Gasteiger partial charge is 0.355 e. The van der Waals surface area contributed by atoms with Crippen LogP contribution in [-0.2, 0) is 5.75 Å². The van der Waals surface area contributed by atoms with E-state index in [1.807, 2.05) is 13.1 Å². The highest BCUT2D eigenvalue weighted by atomic mass is 35.5. The van der Waals surface area contributed by atoms with Crippen LogP contribution in [-0.4, -0.2) is 35.3 Å². The van der Waals surface area contributed by atoms with Gasteiger partial charge in [0.2, 0.25) is 5.96 Å². The lowest BCUT2D eigenvalue weighted by Crippen LogP contribution is -2.35. The molecular formula is C10H18Cl2N6S. The molecular weight excluding hydrogens is 307 g/mol. The molecule has 19 heavy (non-hydrogen) atoms. The van der Waals surface area contributed by atoms with Crippen molar-refractivity contribution in [1.29, 1.82) is 5.26 Å². The minimum Gasteiger partial charge on any atom is -0.355 e. The van der Waals surface area contributed by atoms with Crippen molar-refractivity contribution in [3.63, 3.8) is 0 Å². The number of guanidine groups is 1. The van der Waals surface area contributed by atoms with Crippen molar-refractivity contribution in [3.05, 3.63) is 17.7 Å². The van der Waals surface area contributed by atoms with E-state index in [9.17, 15) is 0 Å². The van der Waals surface area contributed by atoms with Crippen LogP contribution in [0, 0.1) is 18.4 Å². The maximum atomic E-state index is 8.43. The van der Waals surface area contributed by atoms with Crippen LogP contribution < -0.4 is 10.6 Å². The molecule has 108 valence electrons. The van der Waals surface area contributed by atoms with Gasteiger partial charge in [0.15, 0.2) is 6.19 Å². The molecule has 6 nitrogen and oxygen atoms in total. The fourth-order valence-electron chi connectivity index (χ4n) is 1.18. The Bertz CT molecular complexity index is 414. The molecule has 1 aromatic heterocycles. The van der Waals surface area contributed by atoms with Gasteiger partial charge in [0.25, 0.3) is 0 Å². The van der Waals surface area contributed by atoms with E-state index < -0.39 is 0 Å². The van der Waals surface area contributed by atoms with Crippen molar-refractivity contribution >= 4 is 42.5 Å². The Labute approximate surface area is 129 Å². The van der Waals surface area contributed by atoms with E-state index in [2.05, 4.69) is 25.6 Å². The summed E-state index contributed by atoms with van der Waals surface area (Å²) >= 11 is 1.79. The van der Waals surface area contributed by atoms with Crippen molar-refractivity contribution in [2.45, 2.75) is 12.7 Å². The van der Waals surface area contributed by atoms with E-state index in [1.54, 1.807) is 25.1 Å². The summed E-state index contributed by atoms with van der Waals surface area (Å²) in [5.41, 5.74) is 2.21. The van der Waals surface area contributed by atoms with E-state index in [0.717, 1.165) is 29.4 Å². The maximum Gasteiger partial charge on any atom is 0.204 e. The molecule has 0 fully saturated rings. The summed E-state index contributed by atoms with van der Waals surface area (Å²) in [6.45, 7) is 2.77. The summed E-state index contributed by atoms with van der Waals surface area (Å²) in [7, 11) is 1.63. The summed E-state index contributed by atoms with van der Waals surface area (Å²) in [4.78, 5) is 11.2. The zero-order valence-corrected chi connectivity index (χ0v) is 13.2. The van der Waals surface area contributed by atoms with E-state index in [-0.39, 0.29) is 24.8 Å². The monoisotopic (exact) mass is 324 g/mol. The van der Waals surface area contributed by atoms with Gasteiger partial charge in [-0.3, -0.25) is 10.3 Å². The lowest BCUT2D eigenvalue weighted by atomic mass is 10.4. The van der Waals surface area contributed by atoms with Crippen LogP contribution in [0.25, 0.3) is 0 Å². The minimum absolute atomic E-state index is 0. The Morgan fingerprint density at radius 1 is 1.58 bits per heavy atom. The first-order chi connectivity index (χ1) is 8.27. The summed E-state index contributed by atoms with van der Waals surface area (Å²) < 4.78 is 0. The van der Waals surface area contributed by atoms with Crippen molar-refractivity contribution in [2.75, 3.05) is 19.3 Å². The molecule has 1 heterocycles. The van der Waals surface area contributed by atoms with Crippen molar-refractivity contribution < 1.29 is 0 Å². The Hall–Kier alpha value is -1.10. The number of aromatic amines is 1. The second kappa shape index (κ2) is 12.0. The lowest BCUT2D eigenvalue weighted by Gasteiger charge is -2.06. The summed E-state index contributed by atoms with van der Waals surface area (Å²) in [6.07, 6.45) is 3.54. The molecule has 3 N–H and O–H groups in total. The normalized spacial score (nSPS) is 9.84. The van der Waals surface area contributed by atoms with E-state index in [4.69, 9.17) is 5.26 Å². The summed E-state index contributed by atoms with van der Waals surface area (Å²) in [5.74, 6) is 2.32. The van der Waals surface area contributed by atoms with Crippen LogP contribution in [0.4, 0.5) is 0 Å². The van der Waals surface area contributed by atoms with Gasteiger partial charge >= 0.3 is 0 Å². The molecule has 0 bridgehead atoms. The predicted octanol–water partition coefficient (Wildman–Crippen LogP) is 1.44. The summed E-state index contributed by atoms with van der Waals surface area (Å²) in [6, 6.07) is 0. The van der Waals surface area contributed by atoms with Gasteiger partial charge in [0.1, 0.15) is 0 Å². The number of H-pyrrole nitrogens is 1. The Morgan fingerprint density at radius 3 is 2.84 bits per heavy atom. The molecule has 0 aliphatic rings. The molecule has 0 aliphatic heterocycles. The smallest absolute Gasteiger partial charge is 0.204 e. The Morgan fingerprint density at radius 2 is 2.32 bits per heavy atom. The van der Waals surface area contributed by atoms with Gasteiger partial charge in [-0.2, -0.15) is 17.0 Å². The van der Waals surface area contributed by atoms with Gasteiger partial charge < -0.3 is 10.3 Å². The van der Waals surface area contributed by atoms with Crippen LogP contribution in [0.2, 0.25) is 0 Å². The number of aryl methyl sites for hydroxylation is 1. The number of nitrogens with zero attached hydrogens (tertiary/aromatic N) is 3. The molecule has 0 aliphatic carbocycles. The fourth-order valence-corrected chi connectivity index (χ4v) is 2.05. The molecule has 1 rings (SSSR count). The predicted molar refractivity (Wildman–Crippen MR) is 84.1 cm³/mol. The van der Waals surface area contributed by atoms with Crippen LogP contribution >= 0.6 is 36.6 Å². The van der Waals surface area contributed by atoms with Gasteiger partial charge in [-0.25, -0.2) is 4.98 Å². The highest BCUT2D eigenvalue weighted by Gasteiger charge is 2.00. The molecule has 0 saturated heterocycles. The number of rotatable bonds is 5. The first-order valence-electron chi connectivity index (χ1n) is 5.20. The Kier molecular flexibility index (Phi) is 12.7. The molecule has 9 heteroatoms. The quantitative estimate of drug-likeness (QED) is 0.251. The highest BCUT2D eigenvalue weighted by molar-refractivity contribution is 7.98. The van der Waals surface area contributed by atoms with Crippen molar-refractivity contribution in [2.24, 2.45) is 4.99 Å². The van der Waals surface area contributed by atoms with Gasteiger partial charge in [0, 0.05) is 30.8 Å². The second-order valence-corrected chi connectivity index (χ2v) is 4.37. The third-order valence-corrected chi connectivity index (χ3v) is 3.08. The molecule has 0 radical (unpaired) electrons. The SMILES string of the molecule is C/N=C(\NC#N)NCCSCc1nc[nH]c1C.Cl.Cl. The van der Waals surface area contributed by atoms with Crippen LogP contribution in [0.3, 0.4) is 0 Å². The van der Waals surface area contributed by atoms with Crippen molar-refractivity contribution in [1.82, 2.24) is 20.6 Å². The molecule has 0 amide bonds. The molecule has 0 atom stereocenters. The first-order valence-corrected chi connectivity index (χ1v) is 6.35. The van der Waals surface area contributed by atoms with E-state index >= 15 is 0 Å².